The summed E-state index contributed by atoms with van der Waals surface area (Å²) in [4.78, 5) is 15.4. The molecule has 1 aliphatic carbocycles. The van der Waals surface area contributed by atoms with Gasteiger partial charge in [-0.3, -0.25) is 4.90 Å². The van der Waals surface area contributed by atoms with Crippen molar-refractivity contribution in [2.75, 3.05) is 17.7 Å². The summed E-state index contributed by atoms with van der Waals surface area (Å²) >= 11 is 0. The van der Waals surface area contributed by atoms with Crippen LogP contribution in [-0.4, -0.2) is 27.2 Å². The maximum Gasteiger partial charge on any atom is 0.322 e. The topological polar surface area (TPSA) is 66.5 Å². The van der Waals surface area contributed by atoms with Crippen molar-refractivity contribution >= 4 is 21.6 Å². The Bertz CT molecular complexity index is 1390. The van der Waals surface area contributed by atoms with E-state index in [0.29, 0.717) is 13.1 Å². The molecule has 35 heavy (non-hydrogen) atoms. The van der Waals surface area contributed by atoms with Gasteiger partial charge in [0.15, 0.2) is 9.84 Å². The van der Waals surface area contributed by atoms with Crippen molar-refractivity contribution in [1.82, 2.24) is 5.32 Å². The maximum atomic E-state index is 13.7. The number of carbonyl (C=O) groups excluding carboxylic acids is 1. The molecule has 7 heteroatoms. The number of hydrogen-bond acceptors (Lipinski definition) is 3. The van der Waals surface area contributed by atoms with E-state index in [1.807, 2.05) is 30.0 Å². The maximum absolute atomic E-state index is 13.7. The van der Waals surface area contributed by atoms with E-state index in [1.165, 1.54) is 17.9 Å². The average molecular weight is 493 g/mol. The number of benzene rings is 3. The zero-order valence-corrected chi connectivity index (χ0v) is 20.8. The molecule has 1 spiro atoms. The van der Waals surface area contributed by atoms with Gasteiger partial charge in [0, 0.05) is 30.4 Å². The van der Waals surface area contributed by atoms with E-state index >= 15 is 0 Å². The normalized spacial score (nSPS) is 16.5. The molecule has 1 heterocycles. The van der Waals surface area contributed by atoms with Crippen molar-refractivity contribution in [3.63, 3.8) is 0 Å². The van der Waals surface area contributed by atoms with Crippen LogP contribution >= 0.6 is 0 Å². The van der Waals surface area contributed by atoms with Crippen LogP contribution in [0.15, 0.2) is 65.6 Å². The Morgan fingerprint density at radius 3 is 2.40 bits per heavy atom. The van der Waals surface area contributed by atoms with Gasteiger partial charge in [0.2, 0.25) is 0 Å². The van der Waals surface area contributed by atoms with Crippen molar-refractivity contribution in [1.29, 1.82) is 0 Å². The second-order valence-electron chi connectivity index (χ2n) is 9.84. The predicted octanol–water partition coefficient (Wildman–Crippen LogP) is 5.75. The van der Waals surface area contributed by atoms with Gasteiger partial charge in [0.1, 0.15) is 5.82 Å². The Balaban J connectivity index is 1.40. The summed E-state index contributed by atoms with van der Waals surface area (Å²) in [5.41, 5.74) is 5.85. The molecule has 3 aromatic rings. The molecule has 0 saturated heterocycles. The van der Waals surface area contributed by atoms with E-state index in [2.05, 4.69) is 11.4 Å². The first-order chi connectivity index (χ1) is 16.7. The van der Waals surface area contributed by atoms with Crippen LogP contribution in [0.1, 0.15) is 42.4 Å². The molecule has 1 aliphatic heterocycles. The predicted molar refractivity (Wildman–Crippen MR) is 136 cm³/mol. The molecule has 1 saturated carbocycles. The molecule has 3 aromatic carbocycles. The summed E-state index contributed by atoms with van der Waals surface area (Å²) in [6, 6.07) is 17.5. The van der Waals surface area contributed by atoms with Crippen molar-refractivity contribution in [3.05, 3.63) is 83.2 Å². The van der Waals surface area contributed by atoms with E-state index in [-0.39, 0.29) is 22.2 Å². The van der Waals surface area contributed by atoms with E-state index in [1.54, 1.807) is 30.3 Å². The third-order valence-electron chi connectivity index (χ3n) is 7.42. The molecule has 0 aromatic heterocycles. The molecule has 0 atom stereocenters. The first kappa shape index (κ1) is 23.5. The molecule has 1 N–H and O–H groups in total. The number of rotatable bonds is 4. The Kier molecular flexibility index (Phi) is 5.91. The van der Waals surface area contributed by atoms with E-state index in [4.69, 9.17) is 0 Å². The Morgan fingerprint density at radius 1 is 1.03 bits per heavy atom. The number of halogens is 1. The number of hydrogen-bond donors (Lipinski definition) is 1. The fourth-order valence-corrected chi connectivity index (χ4v) is 6.21. The van der Waals surface area contributed by atoms with Crippen molar-refractivity contribution in [3.8, 4) is 11.1 Å². The lowest BCUT2D eigenvalue weighted by Gasteiger charge is -2.25. The Labute approximate surface area is 205 Å². The lowest BCUT2D eigenvalue weighted by molar-refractivity contribution is 0.245. The number of nitrogens with one attached hydrogen (secondary N) is 1. The molecule has 5 rings (SSSR count). The molecular weight excluding hydrogens is 463 g/mol. The third kappa shape index (κ3) is 4.45. The van der Waals surface area contributed by atoms with Crippen LogP contribution in [0, 0.1) is 12.7 Å². The largest absolute Gasteiger partial charge is 0.334 e. The van der Waals surface area contributed by atoms with Gasteiger partial charge in [-0.2, -0.15) is 0 Å². The van der Waals surface area contributed by atoms with Gasteiger partial charge in [-0.25, -0.2) is 17.6 Å². The third-order valence-corrected chi connectivity index (χ3v) is 8.55. The van der Waals surface area contributed by atoms with E-state index < -0.39 is 9.84 Å². The second-order valence-corrected chi connectivity index (χ2v) is 11.9. The number of urea groups is 1. The summed E-state index contributed by atoms with van der Waals surface area (Å²) in [5, 5.41) is 3.00. The minimum Gasteiger partial charge on any atom is -0.334 e. The van der Waals surface area contributed by atoms with Crippen LogP contribution in [-0.2, 0) is 21.8 Å². The summed E-state index contributed by atoms with van der Waals surface area (Å²) in [6.07, 6.45) is 5.55. The first-order valence-electron chi connectivity index (χ1n) is 11.9. The van der Waals surface area contributed by atoms with Gasteiger partial charge in [0.25, 0.3) is 0 Å². The standard InChI is InChI=1S/C28H29FN2O3S/c1-19-15-22(29)8-11-24(19)21-7-12-26-25(16-21)28(13-3-4-14-28)18-31(26)27(32)30-17-20-5-9-23(10-6-20)35(2,33)34/h5-12,15-16H,3-4,13-14,17-18H2,1-2H3,(H,30,32). The molecule has 2 amide bonds. The highest BCUT2D eigenvalue weighted by Gasteiger charge is 2.46. The fraction of sp³-hybridized carbons (Fsp3) is 0.321. The summed E-state index contributed by atoms with van der Waals surface area (Å²) in [7, 11) is -3.25. The fourth-order valence-electron chi connectivity index (χ4n) is 5.58. The molecular formula is C28H29FN2O3S. The van der Waals surface area contributed by atoms with Crippen LogP contribution in [0.2, 0.25) is 0 Å². The van der Waals surface area contributed by atoms with Gasteiger partial charge in [-0.15, -0.1) is 0 Å². The van der Waals surface area contributed by atoms with Crippen LogP contribution in [0.5, 0.6) is 0 Å². The van der Waals surface area contributed by atoms with Gasteiger partial charge in [0.05, 0.1) is 4.90 Å². The number of carbonyl (C=O) groups is 1. The zero-order chi connectivity index (χ0) is 24.8. The Morgan fingerprint density at radius 2 is 1.74 bits per heavy atom. The number of anilines is 1. The highest BCUT2D eigenvalue weighted by Crippen LogP contribution is 2.51. The highest BCUT2D eigenvalue weighted by atomic mass is 32.2. The molecule has 0 unspecified atom stereocenters. The lowest BCUT2D eigenvalue weighted by Crippen LogP contribution is -2.41. The molecule has 2 aliphatic rings. The second kappa shape index (κ2) is 8.79. The van der Waals surface area contributed by atoms with Crippen LogP contribution < -0.4 is 10.2 Å². The van der Waals surface area contributed by atoms with Crippen LogP contribution in [0.3, 0.4) is 0 Å². The molecule has 182 valence electrons. The lowest BCUT2D eigenvalue weighted by atomic mass is 9.80. The summed E-state index contributed by atoms with van der Waals surface area (Å²) in [5.74, 6) is -0.242. The highest BCUT2D eigenvalue weighted by molar-refractivity contribution is 7.90. The van der Waals surface area contributed by atoms with Gasteiger partial charge < -0.3 is 5.32 Å². The quantitative estimate of drug-likeness (QED) is 0.505. The minimum atomic E-state index is -3.25. The SMILES string of the molecule is Cc1cc(F)ccc1-c1ccc2c(c1)C1(CCCC1)CN2C(=O)NCc1ccc(S(C)(=O)=O)cc1. The number of fused-ring (bicyclic) bond motifs is 2. The number of amides is 2. The minimum absolute atomic E-state index is 0.0479. The van der Waals surface area contributed by atoms with Crippen molar-refractivity contribution < 1.29 is 17.6 Å². The summed E-state index contributed by atoms with van der Waals surface area (Å²) < 4.78 is 37.0. The van der Waals surface area contributed by atoms with E-state index in [0.717, 1.165) is 53.6 Å². The zero-order valence-electron chi connectivity index (χ0n) is 20.0. The number of aryl methyl sites for hydroxylation is 1. The summed E-state index contributed by atoms with van der Waals surface area (Å²) in [6.45, 7) is 2.88. The van der Waals surface area contributed by atoms with Gasteiger partial charge >= 0.3 is 6.03 Å². The molecule has 0 radical (unpaired) electrons. The molecule has 5 nitrogen and oxygen atoms in total. The number of nitrogens with zero attached hydrogens (tertiary/aromatic N) is 1. The van der Waals surface area contributed by atoms with E-state index in [9.17, 15) is 17.6 Å². The first-order valence-corrected chi connectivity index (χ1v) is 13.8. The average Bonchev–Trinajstić information content (AvgIpc) is 3.42. The molecule has 0 bridgehead atoms. The van der Waals surface area contributed by atoms with Crippen LogP contribution in [0.4, 0.5) is 14.9 Å². The van der Waals surface area contributed by atoms with Gasteiger partial charge in [-0.1, -0.05) is 37.1 Å². The van der Waals surface area contributed by atoms with Crippen molar-refractivity contribution in [2.24, 2.45) is 0 Å². The monoisotopic (exact) mass is 492 g/mol. The van der Waals surface area contributed by atoms with Gasteiger partial charge in [-0.05, 0) is 84.0 Å². The van der Waals surface area contributed by atoms with Crippen molar-refractivity contribution in [2.45, 2.75) is 49.5 Å². The Hall–Kier alpha value is -3.19. The number of sulfone groups is 1. The smallest absolute Gasteiger partial charge is 0.322 e. The van der Waals surface area contributed by atoms with Crippen LogP contribution in [0.25, 0.3) is 11.1 Å². The molecule has 1 fully saturated rings.